The van der Waals surface area contributed by atoms with Gasteiger partial charge in [-0.2, -0.15) is 0 Å². The number of fused-ring (bicyclic) bond motifs is 1. The highest BCUT2D eigenvalue weighted by Gasteiger charge is 2.21. The number of anilines is 3. The molecule has 0 spiro atoms. The first-order valence-electron chi connectivity index (χ1n) is 9.51. The van der Waals surface area contributed by atoms with Crippen molar-refractivity contribution in [3.05, 3.63) is 63.7 Å². The van der Waals surface area contributed by atoms with Crippen LogP contribution in [0.3, 0.4) is 0 Å². The Hall–Kier alpha value is -3.92. The standard InChI is InChI=1S/C21H22FN5O4/c1-24-15-10-12(22)9-14-17(15)27-20(29)16(18(14)25-8-2-7-23)19(28)26-13-5-3-11(4-6-13)21(30)31/h3-6,9-10,24H,2,7-8,23H2,1H3,(H,26,28)(H,30,31)(H2,25,27,29). The Kier molecular flexibility index (Phi) is 6.51. The van der Waals surface area contributed by atoms with Crippen molar-refractivity contribution in [3.8, 4) is 0 Å². The Morgan fingerprint density at radius 2 is 1.90 bits per heavy atom. The van der Waals surface area contributed by atoms with Crippen LogP contribution in [0.25, 0.3) is 10.9 Å². The highest BCUT2D eigenvalue weighted by atomic mass is 19.1. The Morgan fingerprint density at radius 3 is 2.52 bits per heavy atom. The summed E-state index contributed by atoms with van der Waals surface area (Å²) in [4.78, 5) is 39.4. The topological polar surface area (TPSA) is 149 Å². The molecule has 31 heavy (non-hydrogen) atoms. The number of pyridine rings is 1. The van der Waals surface area contributed by atoms with Crippen molar-refractivity contribution in [2.24, 2.45) is 5.73 Å². The van der Waals surface area contributed by atoms with Crippen LogP contribution in [-0.4, -0.2) is 42.1 Å². The van der Waals surface area contributed by atoms with Crippen LogP contribution >= 0.6 is 0 Å². The number of rotatable bonds is 8. The molecule has 0 radical (unpaired) electrons. The van der Waals surface area contributed by atoms with Crippen molar-refractivity contribution in [1.29, 1.82) is 0 Å². The molecule has 0 saturated heterocycles. The molecule has 1 aromatic heterocycles. The van der Waals surface area contributed by atoms with Crippen LogP contribution in [0.5, 0.6) is 0 Å². The number of carboxylic acids is 1. The van der Waals surface area contributed by atoms with Crippen LogP contribution in [0.2, 0.25) is 0 Å². The van der Waals surface area contributed by atoms with Crippen molar-refractivity contribution in [2.75, 3.05) is 36.1 Å². The maximum atomic E-state index is 14.2. The minimum atomic E-state index is -1.10. The van der Waals surface area contributed by atoms with Crippen LogP contribution in [0.4, 0.5) is 21.5 Å². The van der Waals surface area contributed by atoms with E-state index >= 15 is 0 Å². The zero-order valence-corrected chi connectivity index (χ0v) is 16.7. The summed E-state index contributed by atoms with van der Waals surface area (Å²) in [6.45, 7) is 0.760. The molecular formula is C21H22FN5O4. The molecule has 3 aromatic rings. The van der Waals surface area contributed by atoms with E-state index < -0.39 is 23.3 Å². The summed E-state index contributed by atoms with van der Waals surface area (Å²) in [5, 5.41) is 17.8. The molecule has 3 rings (SSSR count). The third kappa shape index (κ3) is 4.64. The number of carboxylic acid groups (broad SMARTS) is 1. The fraction of sp³-hybridized carbons (Fsp3) is 0.190. The van der Waals surface area contributed by atoms with Crippen LogP contribution in [-0.2, 0) is 0 Å². The molecule has 0 fully saturated rings. The predicted molar refractivity (Wildman–Crippen MR) is 118 cm³/mol. The van der Waals surface area contributed by atoms with Gasteiger partial charge in [0, 0.05) is 24.7 Å². The summed E-state index contributed by atoms with van der Waals surface area (Å²) in [6, 6.07) is 7.96. The number of aromatic amines is 1. The van der Waals surface area contributed by atoms with E-state index in [1.807, 2.05) is 0 Å². The van der Waals surface area contributed by atoms with Gasteiger partial charge >= 0.3 is 5.97 Å². The molecule has 1 heterocycles. The second-order valence-corrected chi connectivity index (χ2v) is 6.74. The van der Waals surface area contributed by atoms with Crippen molar-refractivity contribution < 1.29 is 19.1 Å². The minimum Gasteiger partial charge on any atom is -0.478 e. The molecule has 9 nitrogen and oxygen atoms in total. The monoisotopic (exact) mass is 427 g/mol. The second-order valence-electron chi connectivity index (χ2n) is 6.74. The number of carbonyl (C=O) groups excluding carboxylic acids is 1. The lowest BCUT2D eigenvalue weighted by atomic mass is 10.1. The van der Waals surface area contributed by atoms with Gasteiger partial charge < -0.3 is 31.8 Å². The Bertz CT molecular complexity index is 1190. The zero-order valence-electron chi connectivity index (χ0n) is 16.7. The lowest BCUT2D eigenvalue weighted by Crippen LogP contribution is -2.26. The first-order chi connectivity index (χ1) is 14.8. The Balaban J connectivity index is 2.09. The van der Waals surface area contributed by atoms with Gasteiger partial charge in [-0.05, 0) is 49.4 Å². The summed E-state index contributed by atoms with van der Waals surface area (Å²) < 4.78 is 14.2. The summed E-state index contributed by atoms with van der Waals surface area (Å²) in [6.07, 6.45) is 0.570. The van der Waals surface area contributed by atoms with E-state index in [9.17, 15) is 18.8 Å². The van der Waals surface area contributed by atoms with Gasteiger partial charge in [0.2, 0.25) is 0 Å². The SMILES string of the molecule is CNc1cc(F)cc2c(NCCCN)c(C(=O)Nc3ccc(C(=O)O)cc3)c(=O)[nH]c12. The number of aromatic carboxylic acids is 1. The maximum absolute atomic E-state index is 14.2. The molecule has 10 heteroatoms. The normalized spacial score (nSPS) is 10.7. The van der Waals surface area contributed by atoms with E-state index in [2.05, 4.69) is 20.9 Å². The second kappa shape index (κ2) is 9.26. The summed E-state index contributed by atoms with van der Waals surface area (Å²) in [5.74, 6) is -2.37. The molecule has 7 N–H and O–H groups in total. The third-order valence-corrected chi connectivity index (χ3v) is 4.66. The predicted octanol–water partition coefficient (Wildman–Crippen LogP) is 2.42. The quantitative estimate of drug-likeness (QED) is 0.302. The molecule has 0 aliphatic rings. The van der Waals surface area contributed by atoms with E-state index in [0.29, 0.717) is 41.8 Å². The highest BCUT2D eigenvalue weighted by molar-refractivity contribution is 6.13. The number of carbonyl (C=O) groups is 2. The fourth-order valence-corrected chi connectivity index (χ4v) is 3.17. The van der Waals surface area contributed by atoms with E-state index in [0.717, 1.165) is 0 Å². The molecule has 0 aliphatic carbocycles. The minimum absolute atomic E-state index is 0.0563. The highest BCUT2D eigenvalue weighted by Crippen LogP contribution is 2.30. The van der Waals surface area contributed by atoms with Gasteiger partial charge in [-0.1, -0.05) is 0 Å². The van der Waals surface area contributed by atoms with Crippen LogP contribution < -0.4 is 27.2 Å². The molecule has 0 aliphatic heterocycles. The van der Waals surface area contributed by atoms with Gasteiger partial charge in [-0.3, -0.25) is 9.59 Å². The number of amides is 1. The van der Waals surface area contributed by atoms with Crippen molar-refractivity contribution in [1.82, 2.24) is 4.98 Å². The lowest BCUT2D eigenvalue weighted by Gasteiger charge is -2.16. The maximum Gasteiger partial charge on any atom is 0.335 e. The number of nitrogens with two attached hydrogens (primary N) is 1. The van der Waals surface area contributed by atoms with Gasteiger partial charge in [0.25, 0.3) is 11.5 Å². The molecule has 0 bridgehead atoms. The summed E-state index contributed by atoms with van der Waals surface area (Å²) in [7, 11) is 1.59. The van der Waals surface area contributed by atoms with Gasteiger partial charge in [0.1, 0.15) is 11.4 Å². The number of hydrogen-bond acceptors (Lipinski definition) is 6. The smallest absolute Gasteiger partial charge is 0.335 e. The average Bonchev–Trinajstić information content (AvgIpc) is 2.74. The number of aromatic nitrogens is 1. The number of halogens is 1. The zero-order chi connectivity index (χ0) is 22.5. The Morgan fingerprint density at radius 1 is 1.19 bits per heavy atom. The van der Waals surface area contributed by atoms with Gasteiger partial charge in [0.15, 0.2) is 0 Å². The van der Waals surface area contributed by atoms with Crippen molar-refractivity contribution >= 4 is 39.8 Å². The van der Waals surface area contributed by atoms with E-state index in [-0.39, 0.29) is 16.8 Å². The first-order valence-corrected chi connectivity index (χ1v) is 9.51. The van der Waals surface area contributed by atoms with Crippen LogP contribution in [0, 0.1) is 5.82 Å². The van der Waals surface area contributed by atoms with E-state index in [1.54, 1.807) is 7.05 Å². The fourth-order valence-electron chi connectivity index (χ4n) is 3.17. The molecule has 162 valence electrons. The average molecular weight is 427 g/mol. The third-order valence-electron chi connectivity index (χ3n) is 4.66. The summed E-state index contributed by atoms with van der Waals surface area (Å²) in [5.41, 5.74) is 5.92. The largest absolute Gasteiger partial charge is 0.478 e. The number of benzene rings is 2. The number of H-pyrrole nitrogens is 1. The van der Waals surface area contributed by atoms with Crippen molar-refractivity contribution in [3.63, 3.8) is 0 Å². The first kappa shape index (κ1) is 21.8. The van der Waals surface area contributed by atoms with E-state index in [4.69, 9.17) is 10.8 Å². The molecule has 2 aromatic carbocycles. The molecule has 0 saturated carbocycles. The molecular weight excluding hydrogens is 405 g/mol. The van der Waals surface area contributed by atoms with Gasteiger partial charge in [-0.25, -0.2) is 9.18 Å². The number of nitrogens with one attached hydrogen (secondary N) is 4. The van der Waals surface area contributed by atoms with Crippen molar-refractivity contribution in [2.45, 2.75) is 6.42 Å². The van der Waals surface area contributed by atoms with Gasteiger partial charge in [-0.15, -0.1) is 0 Å². The lowest BCUT2D eigenvalue weighted by molar-refractivity contribution is 0.0696. The number of hydrogen-bond donors (Lipinski definition) is 6. The van der Waals surface area contributed by atoms with Crippen LogP contribution in [0.15, 0.2) is 41.2 Å². The van der Waals surface area contributed by atoms with Crippen LogP contribution in [0.1, 0.15) is 27.1 Å². The summed E-state index contributed by atoms with van der Waals surface area (Å²) >= 11 is 0. The molecule has 0 atom stereocenters. The Labute approximate surface area is 176 Å². The van der Waals surface area contributed by atoms with E-state index in [1.165, 1.54) is 36.4 Å². The molecule has 0 unspecified atom stereocenters. The molecule has 1 amide bonds. The van der Waals surface area contributed by atoms with Gasteiger partial charge in [0.05, 0.1) is 22.5 Å².